The highest BCUT2D eigenvalue weighted by atomic mass is 19.4. The molecule has 2 heterocycles. The number of carbonyl (C=O) groups excluding carboxylic acids is 2. The number of nitrogens with two attached hydrogens (primary N) is 1. The van der Waals surface area contributed by atoms with E-state index in [0.29, 0.717) is 29.7 Å². The molecular weight excluding hydrogens is 544 g/mol. The summed E-state index contributed by atoms with van der Waals surface area (Å²) in [6.07, 6.45) is -5.65. The fraction of sp³-hybridized carbons (Fsp3) is 0.481. The fourth-order valence-electron chi connectivity index (χ4n) is 4.97. The van der Waals surface area contributed by atoms with Crippen molar-refractivity contribution in [1.29, 1.82) is 0 Å². The summed E-state index contributed by atoms with van der Waals surface area (Å²) < 4.78 is 84.5. The SMILES string of the molecule is NC(=O)[C@@H]1C[C@@H](O)CN1C(=O)c1ccc(-c2ccc(OCC3CCN(CC(F)(F)C(F)(F)F)CC3)cc2)cc1F. The third-order valence-electron chi connectivity index (χ3n) is 7.29. The van der Waals surface area contributed by atoms with Crippen LogP contribution in [0.5, 0.6) is 5.75 Å². The molecule has 0 spiro atoms. The van der Waals surface area contributed by atoms with Crippen molar-refractivity contribution in [2.24, 2.45) is 11.7 Å². The van der Waals surface area contributed by atoms with Gasteiger partial charge in [-0.05, 0) is 67.2 Å². The van der Waals surface area contributed by atoms with Gasteiger partial charge >= 0.3 is 12.1 Å². The predicted molar refractivity (Wildman–Crippen MR) is 132 cm³/mol. The number of aliphatic hydroxyl groups is 1. The van der Waals surface area contributed by atoms with E-state index in [0.717, 1.165) is 9.80 Å². The van der Waals surface area contributed by atoms with Gasteiger partial charge in [-0.1, -0.05) is 18.2 Å². The number of rotatable bonds is 8. The molecule has 0 unspecified atom stereocenters. The van der Waals surface area contributed by atoms with E-state index in [-0.39, 0.29) is 44.1 Å². The van der Waals surface area contributed by atoms with Gasteiger partial charge in [0, 0.05) is 13.0 Å². The number of aliphatic hydroxyl groups excluding tert-OH is 1. The maximum atomic E-state index is 14.9. The number of alkyl halides is 5. The van der Waals surface area contributed by atoms with Gasteiger partial charge in [-0.25, -0.2) is 4.39 Å². The van der Waals surface area contributed by atoms with E-state index in [4.69, 9.17) is 10.5 Å². The Morgan fingerprint density at radius 3 is 2.20 bits per heavy atom. The van der Waals surface area contributed by atoms with E-state index in [1.807, 2.05) is 0 Å². The molecule has 0 aliphatic carbocycles. The minimum Gasteiger partial charge on any atom is -0.493 e. The summed E-state index contributed by atoms with van der Waals surface area (Å²) in [4.78, 5) is 26.6. The molecule has 218 valence electrons. The maximum Gasteiger partial charge on any atom is 0.454 e. The van der Waals surface area contributed by atoms with Crippen molar-refractivity contribution in [3.8, 4) is 16.9 Å². The molecule has 0 bridgehead atoms. The van der Waals surface area contributed by atoms with Crippen molar-refractivity contribution < 1.29 is 45.8 Å². The zero-order valence-corrected chi connectivity index (χ0v) is 21.3. The molecule has 3 N–H and O–H groups in total. The first-order valence-electron chi connectivity index (χ1n) is 12.7. The van der Waals surface area contributed by atoms with Gasteiger partial charge in [0.05, 0.1) is 24.8 Å². The van der Waals surface area contributed by atoms with Crippen LogP contribution in [0, 0.1) is 11.7 Å². The molecule has 2 aromatic rings. The number of β-amino-alcohol motifs (C(OH)–C–C–N with tert-alkyl or cyclic N) is 1. The topological polar surface area (TPSA) is 96.1 Å². The molecule has 0 radical (unpaired) electrons. The van der Waals surface area contributed by atoms with E-state index in [1.165, 1.54) is 12.1 Å². The lowest BCUT2D eigenvalue weighted by Gasteiger charge is -2.34. The second-order valence-electron chi connectivity index (χ2n) is 10.2. The van der Waals surface area contributed by atoms with Gasteiger partial charge in [-0.15, -0.1) is 0 Å². The van der Waals surface area contributed by atoms with Crippen LogP contribution in [0.4, 0.5) is 26.3 Å². The minimum atomic E-state index is -5.57. The number of ether oxygens (including phenoxy) is 1. The first-order valence-corrected chi connectivity index (χ1v) is 12.7. The number of benzene rings is 2. The highest BCUT2D eigenvalue weighted by Crippen LogP contribution is 2.37. The number of amides is 2. The lowest BCUT2D eigenvalue weighted by atomic mass is 9.97. The number of likely N-dealkylation sites (tertiary alicyclic amines) is 2. The van der Waals surface area contributed by atoms with Gasteiger partial charge in [0.2, 0.25) is 5.91 Å². The molecule has 2 saturated heterocycles. The molecule has 2 aliphatic rings. The second kappa shape index (κ2) is 11.7. The Morgan fingerprint density at radius 1 is 1.00 bits per heavy atom. The van der Waals surface area contributed by atoms with Crippen LogP contribution in [-0.2, 0) is 4.79 Å². The molecule has 2 amide bonds. The first kappa shape index (κ1) is 29.7. The Morgan fingerprint density at radius 2 is 1.62 bits per heavy atom. The third-order valence-corrected chi connectivity index (χ3v) is 7.29. The number of nitrogens with zero attached hydrogens (tertiary/aromatic N) is 2. The van der Waals surface area contributed by atoms with Gasteiger partial charge < -0.3 is 20.5 Å². The zero-order chi connectivity index (χ0) is 29.2. The summed E-state index contributed by atoms with van der Waals surface area (Å²) in [7, 11) is 0. The van der Waals surface area contributed by atoms with E-state index in [2.05, 4.69) is 0 Å². The summed E-state index contributed by atoms with van der Waals surface area (Å²) in [5.74, 6) is -6.56. The number of carbonyl (C=O) groups is 2. The Balaban J connectivity index is 1.30. The lowest BCUT2D eigenvalue weighted by molar-refractivity contribution is -0.287. The average molecular weight is 574 g/mol. The monoisotopic (exact) mass is 573 g/mol. The molecule has 7 nitrogen and oxygen atoms in total. The minimum absolute atomic E-state index is 0.000458. The molecular formula is C27H29F6N3O4. The van der Waals surface area contributed by atoms with Crippen LogP contribution >= 0.6 is 0 Å². The van der Waals surface area contributed by atoms with Gasteiger partial charge in [0.1, 0.15) is 17.6 Å². The van der Waals surface area contributed by atoms with Gasteiger partial charge in [-0.2, -0.15) is 22.0 Å². The van der Waals surface area contributed by atoms with Crippen molar-refractivity contribution in [3.63, 3.8) is 0 Å². The van der Waals surface area contributed by atoms with Crippen molar-refractivity contribution in [1.82, 2.24) is 9.80 Å². The molecule has 0 saturated carbocycles. The predicted octanol–water partition coefficient (Wildman–Crippen LogP) is 3.84. The molecule has 0 aromatic heterocycles. The van der Waals surface area contributed by atoms with E-state index in [1.54, 1.807) is 30.3 Å². The molecule has 2 aromatic carbocycles. The standard InChI is InChI=1S/C27H29F6N3O4/c28-22-11-18(3-6-21(22)25(39)36-13-19(37)12-23(36)24(34)38)17-1-4-20(5-2-17)40-14-16-7-9-35(10-8-16)15-26(29,30)27(31,32)33/h1-6,11,16,19,23,37H,7-10,12-15H2,(H2,34,38)/t19-,23+/m1/s1. The number of hydrogen-bond donors (Lipinski definition) is 2. The first-order chi connectivity index (χ1) is 18.7. The quantitative estimate of drug-likeness (QED) is 0.468. The molecule has 2 atom stereocenters. The third kappa shape index (κ3) is 6.69. The van der Waals surface area contributed by atoms with Gasteiger partial charge in [0.15, 0.2) is 0 Å². The Bertz CT molecular complexity index is 1220. The number of primary amides is 1. The molecule has 2 fully saturated rings. The van der Waals surface area contributed by atoms with Crippen LogP contribution in [0.25, 0.3) is 11.1 Å². The van der Waals surface area contributed by atoms with Crippen LogP contribution in [-0.4, -0.2) is 83.8 Å². The van der Waals surface area contributed by atoms with Crippen LogP contribution in [0.2, 0.25) is 0 Å². The summed E-state index contributed by atoms with van der Waals surface area (Å²) >= 11 is 0. The van der Waals surface area contributed by atoms with Crippen LogP contribution in [0.3, 0.4) is 0 Å². The average Bonchev–Trinajstić information content (AvgIpc) is 3.29. The van der Waals surface area contributed by atoms with Crippen molar-refractivity contribution >= 4 is 11.8 Å². The van der Waals surface area contributed by atoms with Crippen molar-refractivity contribution in [2.45, 2.75) is 43.5 Å². The zero-order valence-electron chi connectivity index (χ0n) is 21.3. The molecule has 13 heteroatoms. The van der Waals surface area contributed by atoms with Crippen LogP contribution in [0.15, 0.2) is 42.5 Å². The summed E-state index contributed by atoms with van der Waals surface area (Å²) in [5, 5.41) is 9.82. The van der Waals surface area contributed by atoms with Crippen LogP contribution < -0.4 is 10.5 Å². The summed E-state index contributed by atoms with van der Waals surface area (Å²) in [5.41, 5.74) is 6.18. The fourth-order valence-corrected chi connectivity index (χ4v) is 4.97. The Kier molecular flexibility index (Phi) is 8.64. The van der Waals surface area contributed by atoms with Crippen molar-refractivity contribution in [2.75, 3.05) is 32.8 Å². The highest BCUT2D eigenvalue weighted by Gasteiger charge is 2.58. The summed E-state index contributed by atoms with van der Waals surface area (Å²) in [6, 6.07) is 9.72. The molecule has 2 aliphatic heterocycles. The highest BCUT2D eigenvalue weighted by molar-refractivity contribution is 5.98. The summed E-state index contributed by atoms with van der Waals surface area (Å²) in [6.45, 7) is -0.973. The normalized spacial score (nSPS) is 21.0. The molecule has 40 heavy (non-hydrogen) atoms. The Labute approximate surface area is 226 Å². The number of hydrogen-bond acceptors (Lipinski definition) is 5. The maximum absolute atomic E-state index is 14.9. The smallest absolute Gasteiger partial charge is 0.454 e. The molecule has 4 rings (SSSR count). The lowest BCUT2D eigenvalue weighted by Crippen LogP contribution is -2.49. The van der Waals surface area contributed by atoms with E-state index < -0.39 is 48.4 Å². The second-order valence-corrected chi connectivity index (χ2v) is 10.2. The number of piperidine rings is 1. The van der Waals surface area contributed by atoms with Crippen molar-refractivity contribution in [3.05, 3.63) is 53.8 Å². The van der Waals surface area contributed by atoms with E-state index >= 15 is 0 Å². The van der Waals surface area contributed by atoms with Gasteiger partial charge in [0.25, 0.3) is 5.91 Å². The van der Waals surface area contributed by atoms with E-state index in [9.17, 15) is 41.0 Å². The van der Waals surface area contributed by atoms with Gasteiger partial charge in [-0.3, -0.25) is 14.5 Å². The Hall–Kier alpha value is -3.32. The largest absolute Gasteiger partial charge is 0.493 e. The van der Waals surface area contributed by atoms with Crippen LogP contribution in [0.1, 0.15) is 29.6 Å². The number of halogens is 6.